The van der Waals surface area contributed by atoms with E-state index in [2.05, 4.69) is 206 Å². The lowest BCUT2D eigenvalue weighted by atomic mass is 9.79. The molecule has 0 aliphatic heterocycles. The van der Waals surface area contributed by atoms with Crippen LogP contribution in [-0.4, -0.2) is 14.5 Å². The van der Waals surface area contributed by atoms with Crippen LogP contribution >= 0.6 is 0 Å². The Labute approximate surface area is 349 Å². The van der Waals surface area contributed by atoms with Gasteiger partial charge in [0.1, 0.15) is 0 Å². The second-order valence-corrected chi connectivity index (χ2v) is 16.9. The summed E-state index contributed by atoms with van der Waals surface area (Å²) in [5.41, 5.74) is 18.1. The maximum atomic E-state index is 5.46. The van der Waals surface area contributed by atoms with Crippen molar-refractivity contribution in [2.75, 3.05) is 0 Å². The number of nitrogens with zero attached hydrogens (tertiary/aromatic N) is 3. The average molecular weight is 768 g/mol. The van der Waals surface area contributed by atoms with Gasteiger partial charge in [0.15, 0.2) is 0 Å². The molecule has 284 valence electrons. The van der Waals surface area contributed by atoms with Crippen LogP contribution < -0.4 is 0 Å². The van der Waals surface area contributed by atoms with Crippen molar-refractivity contribution in [2.45, 2.75) is 32.1 Å². The van der Waals surface area contributed by atoms with Gasteiger partial charge < -0.3 is 0 Å². The number of hydrogen-bond donors (Lipinski definition) is 0. The van der Waals surface area contributed by atoms with Crippen LogP contribution in [0.5, 0.6) is 0 Å². The van der Waals surface area contributed by atoms with Crippen molar-refractivity contribution in [1.29, 1.82) is 0 Å². The SMILES string of the molecule is CC1(C)C2=C(CCC=C2)c2ccc(-c3cccc(-c4cccc(-c5cccc6c7ccc8ccccc8c7n(-c7nc(-c8ccccc8)c8ccccc8n7)c56)c4)c3)cc21. The first kappa shape index (κ1) is 34.7. The summed E-state index contributed by atoms with van der Waals surface area (Å²) in [7, 11) is 0. The van der Waals surface area contributed by atoms with E-state index in [-0.39, 0.29) is 5.41 Å². The summed E-state index contributed by atoms with van der Waals surface area (Å²) >= 11 is 0. The van der Waals surface area contributed by atoms with Crippen LogP contribution in [0.4, 0.5) is 0 Å². The first-order chi connectivity index (χ1) is 29.5. The van der Waals surface area contributed by atoms with Gasteiger partial charge in [-0.2, -0.15) is 0 Å². The Bertz CT molecular complexity index is 3450. The summed E-state index contributed by atoms with van der Waals surface area (Å²) in [6.07, 6.45) is 6.96. The summed E-state index contributed by atoms with van der Waals surface area (Å²) in [6.45, 7) is 4.76. The minimum absolute atomic E-state index is 0.000311. The lowest BCUT2D eigenvalue weighted by Gasteiger charge is -2.24. The molecule has 0 spiro atoms. The summed E-state index contributed by atoms with van der Waals surface area (Å²) in [5, 5.41) is 5.73. The second kappa shape index (κ2) is 13.3. The minimum Gasteiger partial charge on any atom is -0.277 e. The van der Waals surface area contributed by atoms with Crippen molar-refractivity contribution in [2.24, 2.45) is 0 Å². The Balaban J connectivity index is 1.04. The average Bonchev–Trinajstić information content (AvgIpc) is 3.77. The molecule has 0 saturated heterocycles. The zero-order chi connectivity index (χ0) is 40.0. The van der Waals surface area contributed by atoms with Gasteiger partial charge in [0.25, 0.3) is 0 Å². The number of hydrogen-bond acceptors (Lipinski definition) is 2. The van der Waals surface area contributed by atoms with E-state index in [9.17, 15) is 0 Å². The van der Waals surface area contributed by atoms with Gasteiger partial charge in [-0.3, -0.25) is 4.57 Å². The molecule has 60 heavy (non-hydrogen) atoms. The van der Waals surface area contributed by atoms with Crippen LogP contribution in [0.1, 0.15) is 37.8 Å². The Morgan fingerprint density at radius 1 is 0.483 bits per heavy atom. The number of aromatic nitrogens is 3. The van der Waals surface area contributed by atoms with Gasteiger partial charge in [-0.05, 0) is 92.6 Å². The maximum Gasteiger partial charge on any atom is 0.235 e. The van der Waals surface area contributed by atoms with Crippen molar-refractivity contribution in [1.82, 2.24) is 14.5 Å². The molecule has 0 bridgehead atoms. The Kier molecular flexibility index (Phi) is 7.71. The van der Waals surface area contributed by atoms with Gasteiger partial charge >= 0.3 is 0 Å². The van der Waals surface area contributed by atoms with Gasteiger partial charge in [-0.15, -0.1) is 0 Å². The van der Waals surface area contributed by atoms with Crippen molar-refractivity contribution in [3.63, 3.8) is 0 Å². The quantitative estimate of drug-likeness (QED) is 0.175. The van der Waals surface area contributed by atoms with Gasteiger partial charge in [0.05, 0.1) is 22.2 Å². The van der Waals surface area contributed by atoms with E-state index in [0.29, 0.717) is 5.95 Å². The van der Waals surface area contributed by atoms with Gasteiger partial charge in [-0.1, -0.05) is 178 Å². The van der Waals surface area contributed by atoms with E-state index in [1.54, 1.807) is 0 Å². The molecule has 0 radical (unpaired) electrons. The molecule has 0 atom stereocenters. The molecule has 12 rings (SSSR count). The van der Waals surface area contributed by atoms with Gasteiger partial charge in [0, 0.05) is 38.1 Å². The predicted molar refractivity (Wildman–Crippen MR) is 251 cm³/mol. The molecule has 2 aliphatic carbocycles. The Morgan fingerprint density at radius 3 is 1.97 bits per heavy atom. The van der Waals surface area contributed by atoms with Crippen LogP contribution in [0.2, 0.25) is 0 Å². The highest BCUT2D eigenvalue weighted by atomic mass is 15.2. The zero-order valence-electron chi connectivity index (χ0n) is 33.7. The molecule has 2 aliphatic rings. The summed E-state index contributed by atoms with van der Waals surface area (Å²) in [6, 6.07) is 63.9. The number of rotatable bonds is 5. The largest absolute Gasteiger partial charge is 0.277 e. The van der Waals surface area contributed by atoms with Gasteiger partial charge in [-0.25, -0.2) is 9.97 Å². The fourth-order valence-corrected chi connectivity index (χ4v) is 10.2. The molecule has 3 heteroatoms. The highest BCUT2D eigenvalue weighted by Crippen LogP contribution is 2.51. The summed E-state index contributed by atoms with van der Waals surface area (Å²) < 4.78 is 2.33. The first-order valence-corrected chi connectivity index (χ1v) is 21.0. The lowest BCUT2D eigenvalue weighted by Crippen LogP contribution is -2.16. The van der Waals surface area contributed by atoms with E-state index in [0.717, 1.165) is 57.2 Å². The molecular weight excluding hydrogens is 727 g/mol. The maximum absolute atomic E-state index is 5.46. The monoisotopic (exact) mass is 767 g/mol. The smallest absolute Gasteiger partial charge is 0.235 e. The van der Waals surface area contributed by atoms with Crippen LogP contribution in [0.3, 0.4) is 0 Å². The van der Waals surface area contributed by atoms with E-state index in [1.807, 2.05) is 0 Å². The normalized spacial score (nSPS) is 14.4. The second-order valence-electron chi connectivity index (χ2n) is 16.9. The van der Waals surface area contributed by atoms with E-state index in [1.165, 1.54) is 66.1 Å². The summed E-state index contributed by atoms with van der Waals surface area (Å²) in [4.78, 5) is 10.8. The molecule has 0 N–H and O–H groups in total. The third-order valence-electron chi connectivity index (χ3n) is 13.1. The molecule has 8 aromatic carbocycles. The molecular formula is C57H41N3. The van der Waals surface area contributed by atoms with Crippen molar-refractivity contribution in [3.8, 4) is 50.6 Å². The number of allylic oxidation sites excluding steroid dienone is 4. The van der Waals surface area contributed by atoms with Crippen LogP contribution in [0.25, 0.3) is 99.6 Å². The molecule has 0 amide bonds. The van der Waals surface area contributed by atoms with Crippen LogP contribution in [0, 0.1) is 0 Å². The van der Waals surface area contributed by atoms with E-state index >= 15 is 0 Å². The molecule has 0 unspecified atom stereocenters. The standard InChI is InChI=1S/C57H41N3/c1-57(2)50-27-10-8-23-45(50)46-31-30-41(35-51(46)57)39-19-12-18-38(33-39)40-20-13-21-42(34-40)44-25-14-26-47-48-32-29-36-15-6-7-22-43(36)54(48)60(55(44)47)56-58-52-28-11-9-24-49(52)53(59-56)37-16-4-3-5-17-37/h3-7,9-22,24-35H,8,23H2,1-2H3. The topological polar surface area (TPSA) is 30.7 Å². The number of fused-ring (bicyclic) bond motifs is 8. The van der Waals surface area contributed by atoms with Crippen LogP contribution in [-0.2, 0) is 5.41 Å². The van der Waals surface area contributed by atoms with Crippen LogP contribution in [0.15, 0.2) is 194 Å². The van der Waals surface area contributed by atoms with Crippen molar-refractivity contribution in [3.05, 3.63) is 205 Å². The lowest BCUT2D eigenvalue weighted by molar-refractivity contribution is 0.651. The third-order valence-corrected chi connectivity index (χ3v) is 13.1. The highest BCUT2D eigenvalue weighted by molar-refractivity contribution is 6.21. The molecule has 2 aromatic heterocycles. The molecule has 0 saturated carbocycles. The fraction of sp³-hybridized carbons (Fsp3) is 0.0877. The molecule has 0 fully saturated rings. The number of para-hydroxylation sites is 2. The Morgan fingerprint density at radius 2 is 1.13 bits per heavy atom. The number of benzene rings is 8. The zero-order valence-corrected chi connectivity index (χ0v) is 33.7. The van der Waals surface area contributed by atoms with Gasteiger partial charge in [0.2, 0.25) is 5.95 Å². The highest BCUT2D eigenvalue weighted by Gasteiger charge is 2.37. The van der Waals surface area contributed by atoms with E-state index < -0.39 is 0 Å². The summed E-state index contributed by atoms with van der Waals surface area (Å²) in [5.74, 6) is 0.657. The van der Waals surface area contributed by atoms with Crippen molar-refractivity contribution >= 4 is 49.1 Å². The fourth-order valence-electron chi connectivity index (χ4n) is 10.2. The Hall–Kier alpha value is -7.36. The predicted octanol–water partition coefficient (Wildman–Crippen LogP) is 14.9. The molecule has 3 nitrogen and oxygen atoms in total. The minimum atomic E-state index is 0.000311. The van der Waals surface area contributed by atoms with E-state index in [4.69, 9.17) is 9.97 Å². The first-order valence-electron chi connectivity index (χ1n) is 21.0. The third kappa shape index (κ3) is 5.29. The molecule has 10 aromatic rings. The van der Waals surface area contributed by atoms with Crippen molar-refractivity contribution < 1.29 is 0 Å². The molecule has 2 heterocycles.